The van der Waals surface area contributed by atoms with E-state index in [9.17, 15) is 4.79 Å². The molecule has 0 bridgehead atoms. The lowest BCUT2D eigenvalue weighted by Crippen LogP contribution is -2.53. The van der Waals surface area contributed by atoms with Crippen LogP contribution in [0.25, 0.3) is 0 Å². The van der Waals surface area contributed by atoms with Gasteiger partial charge in [0.25, 0.3) is 5.91 Å². The van der Waals surface area contributed by atoms with Crippen molar-refractivity contribution in [2.75, 3.05) is 19.6 Å². The summed E-state index contributed by atoms with van der Waals surface area (Å²) in [5.41, 5.74) is 0.0310. The second kappa shape index (κ2) is 6.09. The fraction of sp³-hybridized carbons (Fsp3) is 0.529. The number of hydrogen-bond acceptors (Lipinski definition) is 5. The van der Waals surface area contributed by atoms with Crippen LogP contribution in [0.3, 0.4) is 0 Å². The van der Waals surface area contributed by atoms with Crippen molar-refractivity contribution in [1.82, 2.24) is 14.8 Å². The molecule has 2 aromatic heterocycles. The van der Waals surface area contributed by atoms with Gasteiger partial charge in [-0.05, 0) is 37.8 Å². The Kier molecular flexibility index (Phi) is 3.95. The lowest BCUT2D eigenvalue weighted by molar-refractivity contribution is 0.0332. The number of furan rings is 1. The van der Waals surface area contributed by atoms with Crippen molar-refractivity contribution in [3.05, 3.63) is 40.7 Å². The van der Waals surface area contributed by atoms with E-state index in [2.05, 4.69) is 14.8 Å². The molecule has 122 valence electrons. The largest absolute Gasteiger partial charge is 0.459 e. The van der Waals surface area contributed by atoms with Crippen LogP contribution in [0.1, 0.15) is 41.2 Å². The lowest BCUT2D eigenvalue weighted by atomic mass is 9.84. The summed E-state index contributed by atoms with van der Waals surface area (Å²) in [5.74, 6) is 0.525. The second-order valence-electron chi connectivity index (χ2n) is 6.46. The molecule has 2 fully saturated rings. The molecular weight excluding hydrogens is 310 g/mol. The molecule has 2 aliphatic heterocycles. The van der Waals surface area contributed by atoms with Crippen LogP contribution in [-0.4, -0.2) is 45.9 Å². The van der Waals surface area contributed by atoms with E-state index in [0.717, 1.165) is 51.9 Å². The highest BCUT2D eigenvalue weighted by Crippen LogP contribution is 2.39. The van der Waals surface area contributed by atoms with Crippen molar-refractivity contribution >= 4 is 17.2 Å². The van der Waals surface area contributed by atoms with Crippen LogP contribution in [0, 0.1) is 0 Å². The molecule has 0 radical (unpaired) electrons. The first-order chi connectivity index (χ1) is 11.3. The van der Waals surface area contributed by atoms with Crippen molar-refractivity contribution in [2.24, 2.45) is 0 Å². The molecular formula is C17H21N3O2S. The molecule has 0 aromatic carbocycles. The van der Waals surface area contributed by atoms with Crippen molar-refractivity contribution in [3.63, 3.8) is 0 Å². The Hall–Kier alpha value is -1.66. The van der Waals surface area contributed by atoms with Gasteiger partial charge in [0, 0.05) is 36.8 Å². The van der Waals surface area contributed by atoms with Crippen molar-refractivity contribution < 1.29 is 9.21 Å². The summed E-state index contributed by atoms with van der Waals surface area (Å²) in [6.45, 7) is 3.84. The molecule has 0 saturated carbocycles. The number of thiazole rings is 1. The first kappa shape index (κ1) is 14.9. The molecule has 1 amide bonds. The highest BCUT2D eigenvalue weighted by molar-refractivity contribution is 7.09. The Morgan fingerprint density at radius 3 is 2.87 bits per heavy atom. The first-order valence-electron chi connectivity index (χ1n) is 8.23. The highest BCUT2D eigenvalue weighted by atomic mass is 32.1. The molecule has 4 rings (SSSR count). The van der Waals surface area contributed by atoms with Crippen molar-refractivity contribution in [1.29, 1.82) is 0 Å². The van der Waals surface area contributed by atoms with Gasteiger partial charge >= 0.3 is 0 Å². The number of hydrogen-bond donors (Lipinski definition) is 0. The highest BCUT2D eigenvalue weighted by Gasteiger charge is 2.46. The lowest BCUT2D eigenvalue weighted by Gasteiger charge is -2.44. The topological polar surface area (TPSA) is 49.6 Å². The van der Waals surface area contributed by atoms with Crippen LogP contribution in [0.5, 0.6) is 0 Å². The molecule has 1 spiro atoms. The van der Waals surface area contributed by atoms with Crippen LogP contribution in [0.15, 0.2) is 34.4 Å². The fourth-order valence-electron chi connectivity index (χ4n) is 3.96. The van der Waals surface area contributed by atoms with Gasteiger partial charge in [0.1, 0.15) is 5.01 Å². The number of amides is 1. The maximum absolute atomic E-state index is 12.7. The molecule has 6 heteroatoms. The minimum atomic E-state index is 0.0310. The molecule has 0 aliphatic carbocycles. The summed E-state index contributed by atoms with van der Waals surface area (Å²) in [4.78, 5) is 21.6. The maximum atomic E-state index is 12.7. The predicted molar refractivity (Wildman–Crippen MR) is 88.3 cm³/mol. The Bertz CT molecular complexity index is 645. The Morgan fingerprint density at radius 1 is 1.30 bits per heavy atom. The third-order valence-electron chi connectivity index (χ3n) is 5.20. The Balaban J connectivity index is 1.43. The standard InChI is InChI=1S/C17H21N3O2S/c21-16(14-3-1-11-22-14)20-8-2-4-17(20)5-9-19(10-6-17)13-15-18-7-12-23-15/h1,3,7,11-12H,2,4-6,8-10,13H2. The number of nitrogens with zero attached hydrogens (tertiary/aromatic N) is 3. The maximum Gasteiger partial charge on any atom is 0.290 e. The van der Waals surface area contributed by atoms with Gasteiger partial charge < -0.3 is 9.32 Å². The monoisotopic (exact) mass is 331 g/mol. The van der Waals surface area contributed by atoms with Crippen LogP contribution < -0.4 is 0 Å². The van der Waals surface area contributed by atoms with Gasteiger partial charge in [0.2, 0.25) is 0 Å². The van der Waals surface area contributed by atoms with E-state index in [-0.39, 0.29) is 11.4 Å². The SMILES string of the molecule is O=C(c1ccco1)N1CCCC12CCN(Cc1nccs1)CC2. The van der Waals surface area contributed by atoms with Gasteiger partial charge in [-0.2, -0.15) is 0 Å². The van der Waals surface area contributed by atoms with E-state index in [4.69, 9.17) is 4.42 Å². The number of likely N-dealkylation sites (tertiary alicyclic amines) is 2. The molecule has 23 heavy (non-hydrogen) atoms. The molecule has 5 nitrogen and oxygen atoms in total. The predicted octanol–water partition coefficient (Wildman–Crippen LogP) is 3.01. The average molecular weight is 331 g/mol. The van der Waals surface area contributed by atoms with Gasteiger partial charge in [-0.25, -0.2) is 4.98 Å². The number of rotatable bonds is 3. The average Bonchev–Trinajstić information content (AvgIpc) is 3.30. The van der Waals surface area contributed by atoms with E-state index in [1.165, 1.54) is 5.01 Å². The van der Waals surface area contributed by atoms with Gasteiger partial charge in [-0.3, -0.25) is 9.69 Å². The van der Waals surface area contributed by atoms with Gasteiger partial charge in [0.15, 0.2) is 5.76 Å². The third-order valence-corrected chi connectivity index (χ3v) is 5.97. The summed E-state index contributed by atoms with van der Waals surface area (Å²) in [5, 5.41) is 3.21. The van der Waals surface area contributed by atoms with Gasteiger partial charge in [0.05, 0.1) is 12.8 Å². The molecule has 0 atom stereocenters. The summed E-state index contributed by atoms with van der Waals surface area (Å²) >= 11 is 1.71. The molecule has 2 saturated heterocycles. The smallest absolute Gasteiger partial charge is 0.290 e. The quantitative estimate of drug-likeness (QED) is 0.867. The third kappa shape index (κ3) is 2.81. The Morgan fingerprint density at radius 2 is 2.17 bits per heavy atom. The van der Waals surface area contributed by atoms with E-state index in [1.807, 2.05) is 11.6 Å². The van der Waals surface area contributed by atoms with E-state index in [1.54, 1.807) is 29.7 Å². The normalized spacial score (nSPS) is 21.1. The van der Waals surface area contributed by atoms with Crippen LogP contribution in [-0.2, 0) is 6.54 Å². The zero-order chi connectivity index (χ0) is 15.7. The zero-order valence-corrected chi connectivity index (χ0v) is 13.9. The second-order valence-corrected chi connectivity index (χ2v) is 7.44. The van der Waals surface area contributed by atoms with E-state index < -0.39 is 0 Å². The van der Waals surface area contributed by atoms with Gasteiger partial charge in [-0.15, -0.1) is 11.3 Å². The minimum Gasteiger partial charge on any atom is -0.459 e. The number of carbonyl (C=O) groups excluding carboxylic acids is 1. The summed E-state index contributed by atoms with van der Waals surface area (Å²) < 4.78 is 5.32. The molecule has 2 aliphatic rings. The molecule has 4 heterocycles. The number of piperidine rings is 1. The van der Waals surface area contributed by atoms with Crippen LogP contribution in [0.2, 0.25) is 0 Å². The van der Waals surface area contributed by atoms with Crippen LogP contribution >= 0.6 is 11.3 Å². The van der Waals surface area contributed by atoms with Crippen LogP contribution in [0.4, 0.5) is 0 Å². The molecule has 2 aromatic rings. The summed E-state index contributed by atoms with van der Waals surface area (Å²) in [6.07, 6.45) is 7.75. The fourth-order valence-corrected chi connectivity index (χ4v) is 4.62. The number of aromatic nitrogens is 1. The van der Waals surface area contributed by atoms with Crippen molar-refractivity contribution in [3.8, 4) is 0 Å². The molecule has 0 N–H and O–H groups in total. The summed E-state index contributed by atoms with van der Waals surface area (Å²) in [7, 11) is 0. The zero-order valence-electron chi connectivity index (χ0n) is 13.1. The van der Waals surface area contributed by atoms with E-state index >= 15 is 0 Å². The summed E-state index contributed by atoms with van der Waals surface area (Å²) in [6, 6.07) is 3.55. The Labute approximate surface area is 139 Å². The van der Waals surface area contributed by atoms with Crippen molar-refractivity contribution in [2.45, 2.75) is 37.8 Å². The first-order valence-corrected chi connectivity index (χ1v) is 9.11. The number of carbonyl (C=O) groups is 1. The van der Waals surface area contributed by atoms with Gasteiger partial charge in [-0.1, -0.05) is 0 Å². The minimum absolute atomic E-state index is 0.0310. The van der Waals surface area contributed by atoms with E-state index in [0.29, 0.717) is 5.76 Å². The molecule has 0 unspecified atom stereocenters.